The average Bonchev–Trinajstić information content (AvgIpc) is 2.67. The van der Waals surface area contributed by atoms with Crippen LogP contribution in [0.3, 0.4) is 0 Å². The van der Waals surface area contributed by atoms with E-state index in [0.29, 0.717) is 11.1 Å². The van der Waals surface area contributed by atoms with Crippen molar-refractivity contribution < 1.29 is 23.4 Å². The number of ether oxygens (including phenoxy) is 1. The minimum absolute atomic E-state index is 0.101. The SMILES string of the molecule is O=C(O)c1c(F)cc(-c2ccc3c(c2)CCC2(CCN(C4CCC4)CC2)O3)cc1F. The number of fused-ring (bicyclic) bond motifs is 1. The van der Waals surface area contributed by atoms with Crippen LogP contribution in [0.4, 0.5) is 8.78 Å². The number of hydrogen-bond acceptors (Lipinski definition) is 3. The number of carbonyl (C=O) groups is 1. The Balaban J connectivity index is 1.35. The lowest BCUT2D eigenvalue weighted by Crippen LogP contribution is -2.53. The summed E-state index contributed by atoms with van der Waals surface area (Å²) in [5.74, 6) is -2.89. The molecule has 2 aliphatic heterocycles. The van der Waals surface area contributed by atoms with Gasteiger partial charge in [0.2, 0.25) is 0 Å². The number of piperidine rings is 1. The Morgan fingerprint density at radius 1 is 1.03 bits per heavy atom. The highest BCUT2D eigenvalue weighted by Gasteiger charge is 2.41. The van der Waals surface area contributed by atoms with Crippen molar-refractivity contribution in [2.45, 2.75) is 56.6 Å². The van der Waals surface area contributed by atoms with Crippen molar-refractivity contribution in [3.05, 3.63) is 53.1 Å². The highest BCUT2D eigenvalue weighted by atomic mass is 19.1. The van der Waals surface area contributed by atoms with Gasteiger partial charge in [-0.2, -0.15) is 0 Å². The van der Waals surface area contributed by atoms with Gasteiger partial charge in [-0.05, 0) is 79.5 Å². The number of carboxylic acids is 1. The van der Waals surface area contributed by atoms with E-state index in [2.05, 4.69) is 4.90 Å². The summed E-state index contributed by atoms with van der Waals surface area (Å²) in [4.78, 5) is 13.6. The van der Waals surface area contributed by atoms with Crippen LogP contribution in [0.5, 0.6) is 5.75 Å². The van der Waals surface area contributed by atoms with Crippen LogP contribution in [0.25, 0.3) is 11.1 Å². The molecular formula is C24H25F2NO3. The van der Waals surface area contributed by atoms with Crippen LogP contribution in [0.1, 0.15) is 54.4 Å². The second-order valence-corrected chi connectivity index (χ2v) is 8.85. The summed E-state index contributed by atoms with van der Waals surface area (Å²) in [6.45, 7) is 2.18. The van der Waals surface area contributed by atoms with Crippen LogP contribution in [0.15, 0.2) is 30.3 Å². The lowest BCUT2D eigenvalue weighted by Gasteiger charge is -2.48. The van der Waals surface area contributed by atoms with Gasteiger partial charge in [-0.1, -0.05) is 12.5 Å². The molecule has 2 aromatic rings. The van der Waals surface area contributed by atoms with Gasteiger partial charge in [-0.15, -0.1) is 0 Å². The first kappa shape index (κ1) is 19.5. The number of rotatable bonds is 3. The first-order valence-electron chi connectivity index (χ1n) is 10.7. The predicted molar refractivity (Wildman–Crippen MR) is 109 cm³/mol. The zero-order valence-electron chi connectivity index (χ0n) is 16.8. The Morgan fingerprint density at radius 2 is 1.73 bits per heavy atom. The average molecular weight is 413 g/mol. The highest BCUT2D eigenvalue weighted by molar-refractivity contribution is 5.89. The molecular weight excluding hydrogens is 388 g/mol. The standard InChI is InChI=1S/C24H25F2NO3/c25-19-13-17(14-20(26)22(19)23(28)29)15-4-5-21-16(12-15)6-7-24(30-21)8-10-27(11-9-24)18-2-1-3-18/h4-5,12-14,18H,1-3,6-11H2,(H,28,29). The molecule has 158 valence electrons. The summed E-state index contributed by atoms with van der Waals surface area (Å²) in [5, 5.41) is 8.95. The molecule has 30 heavy (non-hydrogen) atoms. The van der Waals surface area contributed by atoms with Gasteiger partial charge in [0, 0.05) is 19.1 Å². The highest BCUT2D eigenvalue weighted by Crippen LogP contribution is 2.42. The molecule has 1 saturated heterocycles. The van der Waals surface area contributed by atoms with Gasteiger partial charge in [-0.25, -0.2) is 13.6 Å². The topological polar surface area (TPSA) is 49.8 Å². The fourth-order valence-electron chi connectivity index (χ4n) is 5.05. The summed E-state index contributed by atoms with van der Waals surface area (Å²) >= 11 is 0. The molecule has 0 unspecified atom stereocenters. The number of halogens is 2. The summed E-state index contributed by atoms with van der Waals surface area (Å²) in [7, 11) is 0. The third kappa shape index (κ3) is 3.37. The molecule has 6 heteroatoms. The van der Waals surface area contributed by atoms with Crippen molar-refractivity contribution >= 4 is 5.97 Å². The Bertz CT molecular complexity index is 971. The maximum absolute atomic E-state index is 14.1. The largest absolute Gasteiger partial charge is 0.487 e. The molecule has 1 N–H and O–H groups in total. The number of aromatic carboxylic acids is 1. The van der Waals surface area contributed by atoms with Crippen LogP contribution in [-0.4, -0.2) is 40.7 Å². The molecule has 2 heterocycles. The van der Waals surface area contributed by atoms with Gasteiger partial charge in [0.25, 0.3) is 0 Å². The number of benzene rings is 2. The van der Waals surface area contributed by atoms with E-state index >= 15 is 0 Å². The van der Waals surface area contributed by atoms with Crippen LogP contribution in [-0.2, 0) is 6.42 Å². The van der Waals surface area contributed by atoms with E-state index in [1.54, 1.807) is 6.07 Å². The molecule has 1 spiro atoms. The normalized spacial score (nSPS) is 21.0. The van der Waals surface area contributed by atoms with Gasteiger partial charge < -0.3 is 14.7 Å². The third-order valence-corrected chi connectivity index (χ3v) is 7.13. The first-order valence-corrected chi connectivity index (χ1v) is 10.7. The smallest absolute Gasteiger partial charge is 0.341 e. The van der Waals surface area contributed by atoms with E-state index in [-0.39, 0.29) is 5.60 Å². The van der Waals surface area contributed by atoms with Gasteiger partial charge in [0.1, 0.15) is 28.5 Å². The minimum Gasteiger partial charge on any atom is -0.487 e. The van der Waals surface area contributed by atoms with Gasteiger partial charge in [-0.3, -0.25) is 0 Å². The van der Waals surface area contributed by atoms with Crippen LogP contribution < -0.4 is 4.74 Å². The molecule has 3 aliphatic rings. The summed E-state index contributed by atoms with van der Waals surface area (Å²) < 4.78 is 34.7. The van der Waals surface area contributed by atoms with Gasteiger partial charge >= 0.3 is 5.97 Å². The maximum Gasteiger partial charge on any atom is 0.341 e. The molecule has 2 fully saturated rings. The number of nitrogens with zero attached hydrogens (tertiary/aromatic N) is 1. The fraction of sp³-hybridized carbons (Fsp3) is 0.458. The van der Waals surface area contributed by atoms with Crippen molar-refractivity contribution in [1.82, 2.24) is 4.90 Å². The number of aryl methyl sites for hydroxylation is 1. The summed E-state index contributed by atoms with van der Waals surface area (Å²) in [5.41, 5.74) is 0.989. The Morgan fingerprint density at radius 3 is 2.33 bits per heavy atom. The quantitative estimate of drug-likeness (QED) is 0.766. The molecule has 2 aromatic carbocycles. The van der Waals surface area contributed by atoms with Crippen LogP contribution in [0.2, 0.25) is 0 Å². The van der Waals surface area contributed by atoms with E-state index < -0.39 is 23.2 Å². The molecule has 0 radical (unpaired) electrons. The predicted octanol–water partition coefficient (Wildman–Crippen LogP) is 5.04. The second kappa shape index (κ2) is 7.34. The number of carboxylic acid groups (broad SMARTS) is 1. The zero-order valence-corrected chi connectivity index (χ0v) is 16.8. The number of hydrogen-bond donors (Lipinski definition) is 1. The monoisotopic (exact) mass is 413 g/mol. The van der Waals surface area contributed by atoms with Crippen molar-refractivity contribution in [3.8, 4) is 16.9 Å². The Kier molecular flexibility index (Phi) is 4.77. The van der Waals surface area contributed by atoms with Crippen LogP contribution >= 0.6 is 0 Å². The van der Waals surface area contributed by atoms with E-state index in [9.17, 15) is 13.6 Å². The third-order valence-electron chi connectivity index (χ3n) is 7.13. The number of likely N-dealkylation sites (tertiary alicyclic amines) is 1. The minimum atomic E-state index is -1.61. The molecule has 0 atom stereocenters. The van der Waals surface area contributed by atoms with E-state index in [0.717, 1.165) is 68.3 Å². The van der Waals surface area contributed by atoms with Crippen molar-refractivity contribution in [3.63, 3.8) is 0 Å². The molecule has 0 aromatic heterocycles. The first-order chi connectivity index (χ1) is 14.4. The Hall–Kier alpha value is -2.47. The van der Waals surface area contributed by atoms with E-state index in [1.807, 2.05) is 12.1 Å². The van der Waals surface area contributed by atoms with Gasteiger partial charge in [0.05, 0.1) is 0 Å². The van der Waals surface area contributed by atoms with Crippen LogP contribution in [0, 0.1) is 11.6 Å². The van der Waals surface area contributed by atoms with E-state index in [1.165, 1.54) is 19.3 Å². The maximum atomic E-state index is 14.1. The molecule has 1 aliphatic carbocycles. The molecule has 5 rings (SSSR count). The zero-order chi connectivity index (χ0) is 20.9. The Labute approximate surface area is 174 Å². The molecule has 0 bridgehead atoms. The van der Waals surface area contributed by atoms with Crippen molar-refractivity contribution in [1.29, 1.82) is 0 Å². The molecule has 0 amide bonds. The van der Waals surface area contributed by atoms with Crippen molar-refractivity contribution in [2.75, 3.05) is 13.1 Å². The van der Waals surface area contributed by atoms with E-state index in [4.69, 9.17) is 9.84 Å². The summed E-state index contributed by atoms with van der Waals surface area (Å²) in [6, 6.07) is 8.50. The van der Waals surface area contributed by atoms with Crippen molar-refractivity contribution in [2.24, 2.45) is 0 Å². The van der Waals surface area contributed by atoms with Gasteiger partial charge in [0.15, 0.2) is 0 Å². The fourth-order valence-corrected chi connectivity index (χ4v) is 5.05. The summed E-state index contributed by atoms with van der Waals surface area (Å²) in [6.07, 6.45) is 7.90. The second-order valence-electron chi connectivity index (χ2n) is 8.85. The lowest BCUT2D eigenvalue weighted by molar-refractivity contribution is -0.0336. The lowest BCUT2D eigenvalue weighted by atomic mass is 9.81. The molecule has 1 saturated carbocycles. The molecule has 4 nitrogen and oxygen atoms in total.